The SMILES string of the molecule is CC(C)CC1(C)CCN(C(=O)CC2C=CS(=O)(=O)C2)CC1. The number of hydrogen-bond acceptors (Lipinski definition) is 3. The molecule has 0 aromatic carbocycles. The van der Waals surface area contributed by atoms with E-state index in [-0.39, 0.29) is 17.6 Å². The minimum Gasteiger partial charge on any atom is -0.343 e. The smallest absolute Gasteiger partial charge is 0.223 e. The Labute approximate surface area is 128 Å². The number of sulfone groups is 1. The van der Waals surface area contributed by atoms with Crippen LogP contribution in [0.15, 0.2) is 11.5 Å². The van der Waals surface area contributed by atoms with E-state index in [2.05, 4.69) is 20.8 Å². The number of allylic oxidation sites excluding steroid dienone is 1. The molecule has 5 heteroatoms. The van der Waals surface area contributed by atoms with Crippen molar-refractivity contribution >= 4 is 15.7 Å². The highest BCUT2D eigenvalue weighted by Crippen LogP contribution is 2.37. The van der Waals surface area contributed by atoms with Gasteiger partial charge in [-0.15, -0.1) is 0 Å². The molecule has 1 unspecified atom stereocenters. The third-order valence-electron chi connectivity index (χ3n) is 4.67. The second-order valence-corrected chi connectivity index (χ2v) is 9.34. The van der Waals surface area contributed by atoms with E-state index >= 15 is 0 Å². The zero-order valence-electron chi connectivity index (χ0n) is 13.3. The van der Waals surface area contributed by atoms with Gasteiger partial charge in [-0.2, -0.15) is 0 Å². The molecule has 2 rings (SSSR count). The van der Waals surface area contributed by atoms with Crippen LogP contribution in [0.5, 0.6) is 0 Å². The van der Waals surface area contributed by atoms with E-state index in [9.17, 15) is 13.2 Å². The summed E-state index contributed by atoms with van der Waals surface area (Å²) in [4.78, 5) is 14.2. The standard InChI is InChI=1S/C16H27NO3S/c1-13(2)11-16(3)5-7-17(8-6-16)15(18)10-14-4-9-21(19,20)12-14/h4,9,13-14H,5-8,10-12H2,1-3H3. The summed E-state index contributed by atoms with van der Waals surface area (Å²) in [5, 5.41) is 1.25. The van der Waals surface area contributed by atoms with Crippen LogP contribution in [0.1, 0.15) is 46.5 Å². The monoisotopic (exact) mass is 313 g/mol. The van der Waals surface area contributed by atoms with E-state index in [1.807, 2.05) is 4.90 Å². The largest absolute Gasteiger partial charge is 0.343 e. The molecule has 0 N–H and O–H groups in total. The molecular formula is C16H27NO3S. The van der Waals surface area contributed by atoms with Crippen LogP contribution in [-0.2, 0) is 14.6 Å². The molecule has 0 aromatic heterocycles. The molecule has 1 atom stereocenters. The van der Waals surface area contributed by atoms with Crippen molar-refractivity contribution in [1.29, 1.82) is 0 Å². The quantitative estimate of drug-likeness (QED) is 0.801. The number of carbonyl (C=O) groups excluding carboxylic acids is 1. The van der Waals surface area contributed by atoms with Crippen LogP contribution >= 0.6 is 0 Å². The summed E-state index contributed by atoms with van der Waals surface area (Å²) in [7, 11) is -3.06. The first-order valence-electron chi connectivity index (χ1n) is 7.88. The maximum Gasteiger partial charge on any atom is 0.223 e. The molecule has 1 fully saturated rings. The zero-order chi connectivity index (χ0) is 15.7. The van der Waals surface area contributed by atoms with Crippen LogP contribution in [0.25, 0.3) is 0 Å². The van der Waals surface area contributed by atoms with Gasteiger partial charge in [-0.1, -0.05) is 26.8 Å². The molecule has 2 aliphatic heterocycles. The summed E-state index contributed by atoms with van der Waals surface area (Å²) in [5.74, 6) is 0.753. The summed E-state index contributed by atoms with van der Waals surface area (Å²) in [5.41, 5.74) is 0.349. The van der Waals surface area contributed by atoms with Gasteiger partial charge in [0.2, 0.25) is 5.91 Å². The van der Waals surface area contributed by atoms with Crippen molar-refractivity contribution in [3.63, 3.8) is 0 Å². The Morgan fingerprint density at radius 1 is 1.33 bits per heavy atom. The molecule has 0 spiro atoms. The number of nitrogens with zero attached hydrogens (tertiary/aromatic N) is 1. The molecule has 1 saturated heterocycles. The lowest BCUT2D eigenvalue weighted by molar-refractivity contribution is -0.134. The van der Waals surface area contributed by atoms with Gasteiger partial charge in [-0.25, -0.2) is 8.42 Å². The normalized spacial score (nSPS) is 27.2. The van der Waals surface area contributed by atoms with Gasteiger partial charge in [-0.05, 0) is 30.6 Å². The lowest BCUT2D eigenvalue weighted by atomic mass is 9.74. The number of hydrogen-bond donors (Lipinski definition) is 0. The highest BCUT2D eigenvalue weighted by Gasteiger charge is 2.33. The molecule has 2 heterocycles. The van der Waals surface area contributed by atoms with Gasteiger partial charge < -0.3 is 4.90 Å². The van der Waals surface area contributed by atoms with E-state index in [1.54, 1.807) is 6.08 Å². The Bertz CT molecular complexity index is 514. The maximum absolute atomic E-state index is 12.3. The van der Waals surface area contributed by atoms with Crippen molar-refractivity contribution in [3.05, 3.63) is 11.5 Å². The van der Waals surface area contributed by atoms with Gasteiger partial charge in [-0.3, -0.25) is 4.79 Å². The molecule has 0 bridgehead atoms. The third kappa shape index (κ3) is 4.56. The molecule has 1 amide bonds. The van der Waals surface area contributed by atoms with E-state index in [0.717, 1.165) is 25.9 Å². The first-order chi connectivity index (χ1) is 9.69. The van der Waals surface area contributed by atoms with Gasteiger partial charge >= 0.3 is 0 Å². The Hall–Kier alpha value is -0.840. The van der Waals surface area contributed by atoms with Crippen molar-refractivity contribution in [2.45, 2.75) is 46.5 Å². The Balaban J connectivity index is 1.82. The van der Waals surface area contributed by atoms with Crippen molar-refractivity contribution in [2.24, 2.45) is 17.3 Å². The van der Waals surface area contributed by atoms with E-state index in [1.165, 1.54) is 11.8 Å². The van der Waals surface area contributed by atoms with Crippen LogP contribution < -0.4 is 0 Å². The number of carbonyl (C=O) groups is 1. The van der Waals surface area contributed by atoms with E-state index in [4.69, 9.17) is 0 Å². The third-order valence-corrected chi connectivity index (χ3v) is 6.13. The second-order valence-electron chi connectivity index (χ2n) is 7.41. The van der Waals surface area contributed by atoms with Gasteiger partial charge in [0.25, 0.3) is 0 Å². The predicted molar refractivity (Wildman–Crippen MR) is 84.4 cm³/mol. The van der Waals surface area contributed by atoms with E-state index < -0.39 is 9.84 Å². The fraction of sp³-hybridized carbons (Fsp3) is 0.812. The number of piperidine rings is 1. The number of rotatable bonds is 4. The first-order valence-corrected chi connectivity index (χ1v) is 9.59. The molecular weight excluding hydrogens is 286 g/mol. The molecule has 120 valence electrons. The summed E-state index contributed by atoms with van der Waals surface area (Å²) in [6, 6.07) is 0. The van der Waals surface area contributed by atoms with Crippen LogP contribution in [0.4, 0.5) is 0 Å². The first kappa shape index (κ1) is 16.5. The van der Waals surface area contributed by atoms with Gasteiger partial charge in [0, 0.05) is 30.8 Å². The molecule has 0 radical (unpaired) electrons. The van der Waals surface area contributed by atoms with Crippen LogP contribution in [0, 0.1) is 17.3 Å². The number of likely N-dealkylation sites (tertiary alicyclic amines) is 1. The minimum atomic E-state index is -3.06. The minimum absolute atomic E-state index is 0.0949. The molecule has 0 aromatic rings. The fourth-order valence-corrected chi connectivity index (χ4v) is 5.00. The van der Waals surface area contributed by atoms with Crippen LogP contribution in [-0.4, -0.2) is 38.1 Å². The molecule has 21 heavy (non-hydrogen) atoms. The molecule has 0 saturated carbocycles. The van der Waals surface area contributed by atoms with E-state index in [0.29, 0.717) is 17.8 Å². The molecule has 4 nitrogen and oxygen atoms in total. The lowest BCUT2D eigenvalue weighted by Crippen LogP contribution is -2.43. The predicted octanol–water partition coefficient (Wildman–Crippen LogP) is 2.61. The van der Waals surface area contributed by atoms with Gasteiger partial charge in [0.15, 0.2) is 9.84 Å². The Kier molecular flexibility index (Phi) is 4.81. The topological polar surface area (TPSA) is 54.5 Å². The van der Waals surface area contributed by atoms with Crippen molar-refractivity contribution in [3.8, 4) is 0 Å². The molecule has 2 aliphatic rings. The summed E-state index contributed by atoms with van der Waals surface area (Å²) in [6.07, 6.45) is 5.31. The van der Waals surface area contributed by atoms with Gasteiger partial charge in [0.05, 0.1) is 5.75 Å². The fourth-order valence-electron chi connectivity index (χ4n) is 3.61. The molecule has 0 aliphatic carbocycles. The summed E-state index contributed by atoms with van der Waals surface area (Å²) < 4.78 is 22.7. The second kappa shape index (κ2) is 6.11. The summed E-state index contributed by atoms with van der Waals surface area (Å²) in [6.45, 7) is 8.43. The average molecular weight is 313 g/mol. The highest BCUT2D eigenvalue weighted by atomic mass is 32.2. The highest BCUT2D eigenvalue weighted by molar-refractivity contribution is 7.94. The average Bonchev–Trinajstić information content (AvgIpc) is 2.68. The summed E-state index contributed by atoms with van der Waals surface area (Å²) >= 11 is 0. The zero-order valence-corrected chi connectivity index (χ0v) is 14.2. The van der Waals surface area contributed by atoms with Crippen LogP contribution in [0.2, 0.25) is 0 Å². The Morgan fingerprint density at radius 3 is 2.43 bits per heavy atom. The Morgan fingerprint density at radius 2 is 1.95 bits per heavy atom. The van der Waals surface area contributed by atoms with Crippen molar-refractivity contribution in [2.75, 3.05) is 18.8 Å². The number of amides is 1. The van der Waals surface area contributed by atoms with Crippen molar-refractivity contribution < 1.29 is 13.2 Å². The van der Waals surface area contributed by atoms with Crippen LogP contribution in [0.3, 0.4) is 0 Å². The maximum atomic E-state index is 12.3. The lowest BCUT2D eigenvalue weighted by Gasteiger charge is -2.40. The van der Waals surface area contributed by atoms with Crippen molar-refractivity contribution in [1.82, 2.24) is 4.90 Å². The van der Waals surface area contributed by atoms with Gasteiger partial charge in [0.1, 0.15) is 0 Å².